The second-order valence-electron chi connectivity index (χ2n) is 5.11. The lowest BCUT2D eigenvalue weighted by Gasteiger charge is -2.21. The molecule has 2 aromatic rings. The van der Waals surface area contributed by atoms with Crippen LogP contribution in [0.25, 0.3) is 0 Å². The van der Waals surface area contributed by atoms with Gasteiger partial charge in [-0.05, 0) is 31.5 Å². The van der Waals surface area contributed by atoms with Crippen molar-refractivity contribution in [3.63, 3.8) is 0 Å². The van der Waals surface area contributed by atoms with Crippen LogP contribution in [0.1, 0.15) is 23.7 Å². The number of carbonyl (C=O) groups is 1. The number of alkyl halides is 1. The third-order valence-electron chi connectivity index (χ3n) is 3.49. The minimum atomic E-state index is -0.293. The highest BCUT2D eigenvalue weighted by Crippen LogP contribution is 2.14. The summed E-state index contributed by atoms with van der Waals surface area (Å²) in [6.07, 6.45) is 1.94. The molecule has 1 aromatic carbocycles. The summed E-state index contributed by atoms with van der Waals surface area (Å²) in [6.45, 7) is 5.54. The molecule has 0 saturated heterocycles. The molecule has 0 N–H and O–H groups in total. The van der Waals surface area contributed by atoms with Crippen LogP contribution in [0, 0.1) is 12.7 Å². The highest BCUT2D eigenvalue weighted by molar-refractivity contribution is 6.27. The van der Waals surface area contributed by atoms with E-state index in [1.807, 2.05) is 24.7 Å². The Morgan fingerprint density at radius 1 is 1.32 bits per heavy atom. The summed E-state index contributed by atoms with van der Waals surface area (Å²) >= 11 is 5.70. The second kappa shape index (κ2) is 7.40. The van der Waals surface area contributed by atoms with Crippen LogP contribution in [0.2, 0.25) is 0 Å². The van der Waals surface area contributed by atoms with E-state index in [0.717, 1.165) is 23.4 Å². The summed E-state index contributed by atoms with van der Waals surface area (Å²) < 4.78 is 14.8. The van der Waals surface area contributed by atoms with Crippen molar-refractivity contribution in [1.82, 2.24) is 14.7 Å². The number of amides is 1. The Morgan fingerprint density at radius 3 is 2.55 bits per heavy atom. The molecule has 0 aliphatic rings. The molecule has 1 amide bonds. The Labute approximate surface area is 134 Å². The van der Waals surface area contributed by atoms with Crippen LogP contribution >= 0.6 is 11.6 Å². The molecule has 0 unspecified atom stereocenters. The lowest BCUT2D eigenvalue weighted by molar-refractivity contribution is -0.129. The number of halogens is 2. The van der Waals surface area contributed by atoms with E-state index >= 15 is 0 Å². The van der Waals surface area contributed by atoms with Crippen LogP contribution in [0.4, 0.5) is 4.39 Å². The summed E-state index contributed by atoms with van der Waals surface area (Å²) in [5.41, 5.74) is 2.75. The van der Waals surface area contributed by atoms with Crippen LogP contribution in [0.3, 0.4) is 0 Å². The first-order valence-electron chi connectivity index (χ1n) is 7.14. The maximum atomic E-state index is 13.0. The van der Waals surface area contributed by atoms with Gasteiger partial charge in [0.2, 0.25) is 5.91 Å². The molecule has 118 valence electrons. The number of aromatic nitrogens is 2. The Bertz CT molecular complexity index is 639. The summed E-state index contributed by atoms with van der Waals surface area (Å²) in [5, 5.41) is 4.38. The first kappa shape index (κ1) is 16.5. The molecule has 2 rings (SSSR count). The van der Waals surface area contributed by atoms with Crippen molar-refractivity contribution in [3.8, 4) is 0 Å². The average Bonchev–Trinajstić information content (AvgIpc) is 2.88. The summed E-state index contributed by atoms with van der Waals surface area (Å²) in [7, 11) is 0. The van der Waals surface area contributed by atoms with Crippen LogP contribution in [-0.4, -0.2) is 26.5 Å². The minimum absolute atomic E-state index is 0.0812. The van der Waals surface area contributed by atoms with Gasteiger partial charge in [-0.15, -0.1) is 11.6 Å². The molecule has 0 atom stereocenters. The molecule has 0 saturated carbocycles. The number of rotatable bonds is 6. The molecule has 0 bridgehead atoms. The molecular weight excluding hydrogens is 305 g/mol. The van der Waals surface area contributed by atoms with E-state index in [-0.39, 0.29) is 17.6 Å². The Hall–Kier alpha value is -1.88. The molecule has 0 spiro atoms. The van der Waals surface area contributed by atoms with Gasteiger partial charge in [0, 0.05) is 31.4 Å². The average molecular weight is 324 g/mol. The third kappa shape index (κ3) is 4.07. The molecule has 6 heteroatoms. The van der Waals surface area contributed by atoms with Gasteiger partial charge >= 0.3 is 0 Å². The molecular formula is C16H19ClFN3O. The van der Waals surface area contributed by atoms with E-state index in [4.69, 9.17) is 11.6 Å². The van der Waals surface area contributed by atoms with Crippen LogP contribution < -0.4 is 0 Å². The Morgan fingerprint density at radius 2 is 2.00 bits per heavy atom. The van der Waals surface area contributed by atoms with Gasteiger partial charge in [-0.2, -0.15) is 5.10 Å². The summed E-state index contributed by atoms with van der Waals surface area (Å²) in [6, 6.07) is 6.12. The SMILES string of the molecule is CCn1cc(CN(Cc2ccc(F)cc2)C(=O)CCl)c(C)n1. The van der Waals surface area contributed by atoms with Crippen molar-refractivity contribution >= 4 is 17.5 Å². The van der Waals surface area contributed by atoms with E-state index in [1.54, 1.807) is 17.0 Å². The van der Waals surface area contributed by atoms with E-state index in [0.29, 0.717) is 13.1 Å². The zero-order valence-corrected chi connectivity index (χ0v) is 13.5. The fourth-order valence-electron chi connectivity index (χ4n) is 2.21. The minimum Gasteiger partial charge on any atom is -0.333 e. The zero-order valence-electron chi connectivity index (χ0n) is 12.7. The molecule has 0 aliphatic heterocycles. The third-order valence-corrected chi connectivity index (χ3v) is 3.72. The molecule has 1 heterocycles. The maximum absolute atomic E-state index is 13.0. The van der Waals surface area contributed by atoms with Gasteiger partial charge < -0.3 is 4.90 Å². The van der Waals surface area contributed by atoms with E-state index in [9.17, 15) is 9.18 Å². The lowest BCUT2D eigenvalue weighted by Crippen LogP contribution is -2.31. The molecule has 0 aliphatic carbocycles. The van der Waals surface area contributed by atoms with Crippen molar-refractivity contribution in [2.45, 2.75) is 33.5 Å². The van der Waals surface area contributed by atoms with Crippen molar-refractivity contribution in [2.24, 2.45) is 0 Å². The van der Waals surface area contributed by atoms with E-state index < -0.39 is 0 Å². The second-order valence-corrected chi connectivity index (χ2v) is 5.37. The predicted molar refractivity (Wildman–Crippen MR) is 84.0 cm³/mol. The van der Waals surface area contributed by atoms with Gasteiger partial charge in [-0.3, -0.25) is 9.48 Å². The number of benzene rings is 1. The van der Waals surface area contributed by atoms with Gasteiger partial charge in [0.15, 0.2) is 0 Å². The summed E-state index contributed by atoms with van der Waals surface area (Å²) in [4.78, 5) is 13.7. The fourth-order valence-corrected chi connectivity index (χ4v) is 2.38. The number of hydrogen-bond acceptors (Lipinski definition) is 2. The molecule has 4 nitrogen and oxygen atoms in total. The molecule has 1 aromatic heterocycles. The van der Waals surface area contributed by atoms with Gasteiger partial charge in [0.25, 0.3) is 0 Å². The van der Waals surface area contributed by atoms with Crippen molar-refractivity contribution in [3.05, 3.63) is 53.1 Å². The number of aryl methyl sites for hydroxylation is 2. The van der Waals surface area contributed by atoms with Crippen LogP contribution in [0.15, 0.2) is 30.5 Å². The van der Waals surface area contributed by atoms with Crippen molar-refractivity contribution < 1.29 is 9.18 Å². The monoisotopic (exact) mass is 323 g/mol. The highest BCUT2D eigenvalue weighted by atomic mass is 35.5. The molecule has 0 radical (unpaired) electrons. The standard InChI is InChI=1S/C16H19ClFN3O/c1-3-21-11-14(12(2)19-21)10-20(16(22)8-17)9-13-4-6-15(18)7-5-13/h4-7,11H,3,8-10H2,1-2H3. The predicted octanol–water partition coefficient (Wildman–Crippen LogP) is 3.12. The van der Waals surface area contributed by atoms with Crippen molar-refractivity contribution in [1.29, 1.82) is 0 Å². The van der Waals surface area contributed by atoms with Crippen LogP contribution in [0.5, 0.6) is 0 Å². The quantitative estimate of drug-likeness (QED) is 0.766. The van der Waals surface area contributed by atoms with Gasteiger partial charge in [0.05, 0.1) is 5.69 Å². The summed E-state index contributed by atoms with van der Waals surface area (Å²) in [5.74, 6) is -0.531. The van der Waals surface area contributed by atoms with E-state index in [1.165, 1.54) is 12.1 Å². The maximum Gasteiger partial charge on any atom is 0.238 e. The highest BCUT2D eigenvalue weighted by Gasteiger charge is 2.16. The first-order valence-corrected chi connectivity index (χ1v) is 7.68. The molecule has 0 fully saturated rings. The normalized spacial score (nSPS) is 10.7. The number of nitrogens with zero attached hydrogens (tertiary/aromatic N) is 3. The molecule has 22 heavy (non-hydrogen) atoms. The first-order chi connectivity index (χ1) is 10.5. The van der Waals surface area contributed by atoms with Gasteiger partial charge in [-0.25, -0.2) is 4.39 Å². The fraction of sp³-hybridized carbons (Fsp3) is 0.375. The van der Waals surface area contributed by atoms with Crippen molar-refractivity contribution in [2.75, 3.05) is 5.88 Å². The van der Waals surface area contributed by atoms with Gasteiger partial charge in [0.1, 0.15) is 11.7 Å². The van der Waals surface area contributed by atoms with Crippen LogP contribution in [-0.2, 0) is 24.4 Å². The Kier molecular flexibility index (Phi) is 5.55. The Balaban J connectivity index is 2.17. The smallest absolute Gasteiger partial charge is 0.238 e. The zero-order chi connectivity index (χ0) is 16.1. The van der Waals surface area contributed by atoms with E-state index in [2.05, 4.69) is 5.10 Å². The lowest BCUT2D eigenvalue weighted by atomic mass is 10.2. The van der Waals surface area contributed by atoms with Gasteiger partial charge in [-0.1, -0.05) is 12.1 Å². The number of carbonyl (C=O) groups excluding carboxylic acids is 1. The largest absolute Gasteiger partial charge is 0.333 e. The topological polar surface area (TPSA) is 38.1 Å². The number of hydrogen-bond donors (Lipinski definition) is 0.